The van der Waals surface area contributed by atoms with Crippen molar-refractivity contribution in [3.63, 3.8) is 0 Å². The van der Waals surface area contributed by atoms with Crippen LogP contribution < -0.4 is 0 Å². The van der Waals surface area contributed by atoms with Crippen LogP contribution in [0.2, 0.25) is 0 Å². The summed E-state index contributed by atoms with van der Waals surface area (Å²) in [5.74, 6) is -1.14. The summed E-state index contributed by atoms with van der Waals surface area (Å²) in [5.41, 5.74) is 0. The number of carbonyl (C=O) groups is 3. The monoisotopic (exact) mass is 1080 g/mol. The molecule has 0 heterocycles. The van der Waals surface area contributed by atoms with Crippen LogP contribution in [0.25, 0.3) is 0 Å². The fourth-order valence-electron chi connectivity index (χ4n) is 7.35. The molecule has 1 unspecified atom stereocenters. The number of hydrogen-bond donors (Lipinski definition) is 0. The first-order valence-corrected chi connectivity index (χ1v) is 30.6. The van der Waals surface area contributed by atoms with Gasteiger partial charge in [-0.15, -0.1) is 0 Å². The maximum Gasteiger partial charge on any atom is 0.310 e. The molecule has 0 N–H and O–H groups in total. The minimum Gasteiger partial charge on any atom is -0.462 e. The van der Waals surface area contributed by atoms with E-state index in [2.05, 4.69) is 215 Å². The number of allylic oxidation sites excluding steroid dienone is 33. The minimum absolute atomic E-state index is 0.0735. The van der Waals surface area contributed by atoms with Crippen LogP contribution in [0.4, 0.5) is 0 Å². The molecule has 0 aromatic rings. The normalized spacial score (nSPS) is 13.6. The number of carbonyl (C=O) groups excluding carboxylic acids is 3. The predicted octanol–water partition coefficient (Wildman–Crippen LogP) is 21.2. The molecule has 0 radical (unpaired) electrons. The lowest BCUT2D eigenvalue weighted by Gasteiger charge is -2.18. The third-order valence-corrected chi connectivity index (χ3v) is 11.8. The molecule has 6 nitrogen and oxygen atoms in total. The first-order chi connectivity index (χ1) is 39.0. The molecule has 0 rings (SSSR count). The molecule has 0 aliphatic heterocycles. The second-order valence-corrected chi connectivity index (χ2v) is 19.1. The Morgan fingerprint density at radius 3 is 0.785 bits per heavy atom. The van der Waals surface area contributed by atoms with E-state index >= 15 is 0 Å². The van der Waals surface area contributed by atoms with Gasteiger partial charge < -0.3 is 14.2 Å². The van der Waals surface area contributed by atoms with Gasteiger partial charge in [0.1, 0.15) is 13.2 Å². The minimum atomic E-state index is -0.867. The van der Waals surface area contributed by atoms with Crippen LogP contribution in [0.1, 0.15) is 213 Å². The Labute approximate surface area is 483 Å². The molecule has 0 saturated heterocycles. The van der Waals surface area contributed by atoms with Crippen molar-refractivity contribution in [2.75, 3.05) is 13.2 Å². The Hall–Kier alpha value is -6.01. The number of rotatable bonds is 52. The molecule has 0 aliphatic carbocycles. The number of hydrogen-bond acceptors (Lipinski definition) is 6. The maximum atomic E-state index is 12.8. The second kappa shape index (κ2) is 64.5. The van der Waals surface area contributed by atoms with E-state index in [0.29, 0.717) is 19.3 Å². The van der Waals surface area contributed by atoms with Crippen molar-refractivity contribution >= 4 is 17.9 Å². The topological polar surface area (TPSA) is 78.9 Å². The van der Waals surface area contributed by atoms with Crippen molar-refractivity contribution in [1.82, 2.24) is 0 Å². The van der Waals surface area contributed by atoms with Crippen LogP contribution in [0.3, 0.4) is 0 Å². The fraction of sp³-hybridized carbons (Fsp3) is 0.493. The first-order valence-electron chi connectivity index (χ1n) is 30.6. The lowest BCUT2D eigenvalue weighted by molar-refractivity contribution is -0.166. The van der Waals surface area contributed by atoms with Crippen molar-refractivity contribution in [2.45, 2.75) is 219 Å². The van der Waals surface area contributed by atoms with E-state index in [1.165, 1.54) is 0 Å². The molecule has 79 heavy (non-hydrogen) atoms. The summed E-state index contributed by atoms with van der Waals surface area (Å²) < 4.78 is 16.7. The average molecular weight is 1080 g/mol. The zero-order chi connectivity index (χ0) is 57.1. The van der Waals surface area contributed by atoms with E-state index in [1.807, 2.05) is 6.08 Å². The zero-order valence-electron chi connectivity index (χ0n) is 49.8. The van der Waals surface area contributed by atoms with Crippen molar-refractivity contribution in [2.24, 2.45) is 0 Å². The Balaban J connectivity index is 4.51. The van der Waals surface area contributed by atoms with Gasteiger partial charge >= 0.3 is 17.9 Å². The predicted molar refractivity (Wildman–Crippen MR) is 343 cm³/mol. The third kappa shape index (κ3) is 62.7. The highest BCUT2D eigenvalue weighted by molar-refractivity contribution is 5.72. The molecule has 436 valence electrons. The maximum absolute atomic E-state index is 12.8. The molecule has 0 aliphatic rings. The molecule has 1 atom stereocenters. The molecule has 0 saturated carbocycles. The second-order valence-electron chi connectivity index (χ2n) is 19.1. The van der Waals surface area contributed by atoms with Gasteiger partial charge in [0.15, 0.2) is 6.10 Å². The smallest absolute Gasteiger partial charge is 0.310 e. The summed E-state index contributed by atoms with van der Waals surface area (Å²) in [6.07, 6.45) is 100.0. The summed E-state index contributed by atoms with van der Waals surface area (Å²) in [6, 6.07) is 0. The number of esters is 3. The van der Waals surface area contributed by atoms with Gasteiger partial charge in [-0.3, -0.25) is 14.4 Å². The van der Waals surface area contributed by atoms with Gasteiger partial charge in [0.05, 0.1) is 6.42 Å². The van der Waals surface area contributed by atoms with E-state index < -0.39 is 12.1 Å². The molecule has 0 aromatic heterocycles. The van der Waals surface area contributed by atoms with Gasteiger partial charge in [0.25, 0.3) is 0 Å². The number of unbranched alkanes of at least 4 members (excludes halogenated alkanes) is 8. The van der Waals surface area contributed by atoms with E-state index in [0.717, 1.165) is 161 Å². The summed E-state index contributed by atoms with van der Waals surface area (Å²) in [5, 5.41) is 0. The van der Waals surface area contributed by atoms with E-state index in [1.54, 1.807) is 6.08 Å². The summed E-state index contributed by atoms with van der Waals surface area (Å²) in [7, 11) is 0. The quantitative estimate of drug-likeness (QED) is 0.0261. The van der Waals surface area contributed by atoms with Crippen LogP contribution in [0, 0.1) is 0 Å². The van der Waals surface area contributed by atoms with Crippen molar-refractivity contribution in [3.05, 3.63) is 207 Å². The summed E-state index contributed by atoms with van der Waals surface area (Å²) >= 11 is 0. The van der Waals surface area contributed by atoms with Crippen LogP contribution >= 0.6 is 0 Å². The molecule has 6 heteroatoms. The van der Waals surface area contributed by atoms with Gasteiger partial charge in [-0.05, 0) is 148 Å². The van der Waals surface area contributed by atoms with Gasteiger partial charge in [0.2, 0.25) is 0 Å². The standard InChI is InChI=1S/C73H108O6/c1-4-7-10-13-16-19-22-25-28-29-30-31-32-33-34-35-36-37-38-39-40-41-42-43-46-48-51-54-57-60-63-66-72(75)78-69-70(79-73(76)67-64-61-58-55-52-49-45-27-24-21-18-15-12-9-6-3)68-77-71(74)65-62-59-56-53-50-47-44-26-23-20-17-14-11-8-5-2/h7-12,16-21,25-28,30-31,33-34,36-37,39-40,42-45,48,51-52,55,61,64,70H,4-6,13-15,22-24,29,32,35,38,41,46-47,49-50,53-54,56-60,62-63,65-69H2,1-3H3/b10-7-,11-8-,12-9-,19-16-,20-17-,21-18-,28-25-,31-30-,34-33-,37-36-,40-39-,43-42-,44-26-,45-27-,51-48-,55-52-,64-61-. The first kappa shape index (κ1) is 73.0. The molecular formula is C73H108O6. The van der Waals surface area contributed by atoms with E-state index in [9.17, 15) is 14.4 Å². The lowest BCUT2D eigenvalue weighted by atomic mass is 10.1. The molecular weight excluding hydrogens is 973 g/mol. The summed E-state index contributed by atoms with van der Waals surface area (Å²) in [6.45, 7) is 6.14. The largest absolute Gasteiger partial charge is 0.462 e. The SMILES string of the molecule is CC/C=C\C/C=C\C/C=C\C/C=C\C/C=C\C/C=C\C/C=C\C/C=C\C/C=C\CCCCCC(=O)OCC(COC(=O)CCCCCCC/C=C\C/C=C\C/C=C\CC)OC(=O)C/C=C\C/C=C\C/C=C\C/C=C\C/C=C\CC. The van der Waals surface area contributed by atoms with E-state index in [-0.39, 0.29) is 38.0 Å². The van der Waals surface area contributed by atoms with Gasteiger partial charge in [-0.25, -0.2) is 0 Å². The van der Waals surface area contributed by atoms with Crippen molar-refractivity contribution in [1.29, 1.82) is 0 Å². The highest BCUT2D eigenvalue weighted by Crippen LogP contribution is 2.11. The highest BCUT2D eigenvalue weighted by atomic mass is 16.6. The highest BCUT2D eigenvalue weighted by Gasteiger charge is 2.19. The molecule has 0 bridgehead atoms. The Kier molecular flexibility index (Phi) is 59.6. The Morgan fingerprint density at radius 1 is 0.266 bits per heavy atom. The lowest BCUT2D eigenvalue weighted by Crippen LogP contribution is -2.30. The fourth-order valence-corrected chi connectivity index (χ4v) is 7.35. The molecule has 0 fully saturated rings. The van der Waals surface area contributed by atoms with Crippen LogP contribution in [0.15, 0.2) is 207 Å². The Morgan fingerprint density at radius 2 is 0.494 bits per heavy atom. The van der Waals surface area contributed by atoms with Crippen molar-refractivity contribution < 1.29 is 28.6 Å². The third-order valence-electron chi connectivity index (χ3n) is 11.8. The van der Waals surface area contributed by atoms with Gasteiger partial charge in [-0.1, -0.05) is 253 Å². The number of ether oxygens (including phenoxy) is 3. The Bertz CT molecular complexity index is 1960. The van der Waals surface area contributed by atoms with Crippen LogP contribution in [0.5, 0.6) is 0 Å². The molecule has 0 amide bonds. The molecule has 0 aromatic carbocycles. The van der Waals surface area contributed by atoms with Crippen LogP contribution in [-0.4, -0.2) is 37.2 Å². The summed E-state index contributed by atoms with van der Waals surface area (Å²) in [4.78, 5) is 38.1. The van der Waals surface area contributed by atoms with Crippen molar-refractivity contribution in [3.8, 4) is 0 Å². The van der Waals surface area contributed by atoms with Gasteiger partial charge in [-0.2, -0.15) is 0 Å². The van der Waals surface area contributed by atoms with Crippen LogP contribution in [-0.2, 0) is 28.6 Å². The van der Waals surface area contributed by atoms with Gasteiger partial charge in [0, 0.05) is 12.8 Å². The zero-order valence-corrected chi connectivity index (χ0v) is 49.8. The van der Waals surface area contributed by atoms with E-state index in [4.69, 9.17) is 14.2 Å². The molecule has 0 spiro atoms. The average Bonchev–Trinajstić information content (AvgIpc) is 3.45.